The van der Waals surface area contributed by atoms with Crippen LogP contribution in [-0.4, -0.2) is 17.7 Å². The van der Waals surface area contributed by atoms with Crippen LogP contribution in [0, 0.1) is 0 Å². The summed E-state index contributed by atoms with van der Waals surface area (Å²) < 4.78 is 0. The van der Waals surface area contributed by atoms with Gasteiger partial charge in [-0.25, -0.2) is 0 Å². The van der Waals surface area contributed by atoms with E-state index in [-0.39, 0.29) is 11.2 Å². The molecular formula is C12H15Cl2NOS. The molecule has 0 spiro atoms. The van der Waals surface area contributed by atoms with Crippen LogP contribution in [0.3, 0.4) is 0 Å². The predicted molar refractivity (Wildman–Crippen MR) is 75.1 cm³/mol. The van der Waals surface area contributed by atoms with Crippen molar-refractivity contribution < 1.29 is 4.79 Å². The Hall–Kier alpha value is -0.380. The van der Waals surface area contributed by atoms with Crippen LogP contribution in [-0.2, 0) is 4.79 Å². The molecule has 0 saturated carbocycles. The molecule has 1 amide bonds. The van der Waals surface area contributed by atoms with E-state index in [0.717, 1.165) is 11.3 Å². The molecule has 0 saturated heterocycles. The van der Waals surface area contributed by atoms with Gasteiger partial charge in [0.25, 0.3) is 0 Å². The van der Waals surface area contributed by atoms with Gasteiger partial charge in [0.15, 0.2) is 0 Å². The summed E-state index contributed by atoms with van der Waals surface area (Å²) >= 11 is 13.5. The minimum atomic E-state index is -0.209. The average Bonchev–Trinajstić information content (AvgIpc) is 2.30. The third-order valence-corrected chi connectivity index (χ3v) is 4.23. The Labute approximate surface area is 116 Å². The van der Waals surface area contributed by atoms with Crippen molar-refractivity contribution in [2.45, 2.75) is 30.4 Å². The average molecular weight is 292 g/mol. The van der Waals surface area contributed by atoms with Gasteiger partial charge in [-0.05, 0) is 25.5 Å². The van der Waals surface area contributed by atoms with Gasteiger partial charge < -0.3 is 5.32 Å². The summed E-state index contributed by atoms with van der Waals surface area (Å²) in [5.74, 6) is 0.00726. The van der Waals surface area contributed by atoms with Gasteiger partial charge in [-0.15, -0.1) is 11.8 Å². The molecule has 1 atom stereocenters. The molecule has 1 aromatic carbocycles. The molecule has 17 heavy (non-hydrogen) atoms. The van der Waals surface area contributed by atoms with Crippen LogP contribution in [0.5, 0.6) is 0 Å². The highest BCUT2D eigenvalue weighted by Gasteiger charge is 2.17. The molecular weight excluding hydrogens is 277 g/mol. The molecule has 2 nitrogen and oxygen atoms in total. The first-order valence-electron chi connectivity index (χ1n) is 5.44. The zero-order valence-corrected chi connectivity index (χ0v) is 12.1. The summed E-state index contributed by atoms with van der Waals surface area (Å²) in [5, 5.41) is 3.80. The van der Waals surface area contributed by atoms with Crippen LogP contribution in [0.4, 0.5) is 0 Å². The molecule has 0 bridgehead atoms. The highest BCUT2D eigenvalue weighted by atomic mass is 35.5. The van der Waals surface area contributed by atoms with Gasteiger partial charge in [0.2, 0.25) is 5.91 Å². The normalized spacial score (nSPS) is 12.2. The summed E-state index contributed by atoms with van der Waals surface area (Å²) in [5.41, 5.74) is 0. The number of thioether (sulfide) groups is 1. The molecule has 1 N–H and O–H groups in total. The van der Waals surface area contributed by atoms with Gasteiger partial charge in [0.1, 0.15) is 0 Å². The first-order chi connectivity index (χ1) is 8.06. The van der Waals surface area contributed by atoms with E-state index in [1.165, 1.54) is 11.8 Å². The van der Waals surface area contributed by atoms with Gasteiger partial charge in [0, 0.05) is 11.4 Å². The fourth-order valence-electron chi connectivity index (χ4n) is 1.22. The number of carbonyl (C=O) groups is 1. The molecule has 0 radical (unpaired) electrons. The Morgan fingerprint density at radius 3 is 2.53 bits per heavy atom. The number of rotatable bonds is 5. The van der Waals surface area contributed by atoms with E-state index in [1.54, 1.807) is 18.2 Å². The summed E-state index contributed by atoms with van der Waals surface area (Å²) in [4.78, 5) is 12.5. The van der Waals surface area contributed by atoms with Crippen molar-refractivity contribution in [2.24, 2.45) is 0 Å². The maximum absolute atomic E-state index is 11.7. The fraction of sp³-hybridized carbons (Fsp3) is 0.417. The van der Waals surface area contributed by atoms with Crippen LogP contribution < -0.4 is 5.32 Å². The van der Waals surface area contributed by atoms with E-state index >= 15 is 0 Å². The lowest BCUT2D eigenvalue weighted by atomic mass is 10.4. The molecule has 1 aromatic rings. The van der Waals surface area contributed by atoms with E-state index in [9.17, 15) is 4.79 Å². The van der Waals surface area contributed by atoms with E-state index in [4.69, 9.17) is 23.2 Å². The minimum absolute atomic E-state index is 0.00726. The number of nitrogens with one attached hydrogen (secondary N) is 1. The molecule has 94 valence electrons. The zero-order chi connectivity index (χ0) is 12.8. The van der Waals surface area contributed by atoms with Crippen molar-refractivity contribution in [2.75, 3.05) is 6.54 Å². The van der Waals surface area contributed by atoms with E-state index in [1.807, 2.05) is 13.8 Å². The Morgan fingerprint density at radius 1 is 1.41 bits per heavy atom. The second-order valence-corrected chi connectivity index (χ2v) is 5.77. The Balaban J connectivity index is 2.67. The van der Waals surface area contributed by atoms with Crippen LogP contribution in [0.1, 0.15) is 20.3 Å². The summed E-state index contributed by atoms with van der Waals surface area (Å²) in [6.45, 7) is 4.55. The SMILES string of the molecule is CCCNC(=O)C(C)Sc1c(Cl)cccc1Cl. The highest BCUT2D eigenvalue weighted by Crippen LogP contribution is 2.36. The molecule has 1 unspecified atom stereocenters. The zero-order valence-electron chi connectivity index (χ0n) is 9.80. The lowest BCUT2D eigenvalue weighted by Crippen LogP contribution is -2.31. The van der Waals surface area contributed by atoms with Crippen LogP contribution in [0.2, 0.25) is 10.0 Å². The summed E-state index contributed by atoms with van der Waals surface area (Å²) in [6, 6.07) is 5.33. The number of carbonyl (C=O) groups excluding carboxylic acids is 1. The molecule has 0 fully saturated rings. The second kappa shape index (κ2) is 7.14. The van der Waals surface area contributed by atoms with Crippen LogP contribution in [0.15, 0.2) is 23.1 Å². The van der Waals surface area contributed by atoms with Crippen molar-refractivity contribution >= 4 is 40.9 Å². The van der Waals surface area contributed by atoms with Crippen LogP contribution >= 0.6 is 35.0 Å². The third-order valence-electron chi connectivity index (χ3n) is 2.13. The van der Waals surface area contributed by atoms with Crippen LogP contribution in [0.25, 0.3) is 0 Å². The lowest BCUT2D eigenvalue weighted by molar-refractivity contribution is -0.120. The molecule has 0 heterocycles. The number of hydrogen-bond donors (Lipinski definition) is 1. The van der Waals surface area contributed by atoms with Gasteiger partial charge in [-0.2, -0.15) is 0 Å². The quantitative estimate of drug-likeness (QED) is 0.831. The van der Waals surface area contributed by atoms with E-state index < -0.39 is 0 Å². The van der Waals surface area contributed by atoms with Gasteiger partial charge in [-0.1, -0.05) is 36.2 Å². The van der Waals surface area contributed by atoms with Crippen molar-refractivity contribution in [3.63, 3.8) is 0 Å². The number of amides is 1. The van der Waals surface area contributed by atoms with E-state index in [0.29, 0.717) is 16.6 Å². The third kappa shape index (κ3) is 4.41. The molecule has 0 aliphatic rings. The molecule has 1 rings (SSSR count). The second-order valence-electron chi connectivity index (χ2n) is 3.60. The number of hydrogen-bond acceptors (Lipinski definition) is 2. The Bertz CT molecular complexity index is 378. The number of halogens is 2. The first kappa shape index (κ1) is 14.7. The maximum Gasteiger partial charge on any atom is 0.233 e. The lowest BCUT2D eigenvalue weighted by Gasteiger charge is -2.13. The standard InChI is InChI=1S/C12H15Cl2NOS/c1-3-7-15-12(16)8(2)17-11-9(13)5-4-6-10(11)14/h4-6,8H,3,7H2,1-2H3,(H,15,16). The monoisotopic (exact) mass is 291 g/mol. The summed E-state index contributed by atoms with van der Waals surface area (Å²) in [6.07, 6.45) is 0.927. The first-order valence-corrected chi connectivity index (χ1v) is 7.08. The largest absolute Gasteiger partial charge is 0.355 e. The minimum Gasteiger partial charge on any atom is -0.355 e. The smallest absolute Gasteiger partial charge is 0.233 e. The number of benzene rings is 1. The predicted octanol–water partition coefficient (Wildman–Crippen LogP) is 4.00. The van der Waals surface area contributed by atoms with Crippen molar-refractivity contribution in [1.29, 1.82) is 0 Å². The summed E-state index contributed by atoms with van der Waals surface area (Å²) in [7, 11) is 0. The maximum atomic E-state index is 11.7. The molecule has 0 aliphatic heterocycles. The topological polar surface area (TPSA) is 29.1 Å². The fourth-order valence-corrected chi connectivity index (χ4v) is 2.79. The molecule has 5 heteroatoms. The van der Waals surface area contributed by atoms with Crippen molar-refractivity contribution in [3.8, 4) is 0 Å². The van der Waals surface area contributed by atoms with Crippen molar-refractivity contribution in [3.05, 3.63) is 28.2 Å². The molecule has 0 aliphatic carbocycles. The van der Waals surface area contributed by atoms with Gasteiger partial charge >= 0.3 is 0 Å². The highest BCUT2D eigenvalue weighted by molar-refractivity contribution is 8.00. The Kier molecular flexibility index (Phi) is 6.17. The van der Waals surface area contributed by atoms with Crippen molar-refractivity contribution in [1.82, 2.24) is 5.32 Å². The van der Waals surface area contributed by atoms with Gasteiger partial charge in [-0.3, -0.25) is 4.79 Å². The van der Waals surface area contributed by atoms with E-state index in [2.05, 4.69) is 5.32 Å². The van der Waals surface area contributed by atoms with Gasteiger partial charge in [0.05, 0.1) is 15.3 Å². The molecule has 0 aromatic heterocycles. The Morgan fingerprint density at radius 2 is 2.00 bits per heavy atom.